The molecule has 1 heterocycles. The number of nitrogens with zero attached hydrogens (tertiary/aromatic N) is 1. The summed E-state index contributed by atoms with van der Waals surface area (Å²) in [7, 11) is 0. The van der Waals surface area contributed by atoms with Gasteiger partial charge in [-0.05, 0) is 18.4 Å². The zero-order valence-electron chi connectivity index (χ0n) is 10.0. The Morgan fingerprint density at radius 1 is 1.33 bits per heavy atom. The zero-order valence-corrected chi connectivity index (χ0v) is 10.0. The first-order valence-corrected chi connectivity index (χ1v) is 5.34. The van der Waals surface area contributed by atoms with E-state index < -0.39 is 0 Å². The number of nitrogens with one attached hydrogen (secondary N) is 1. The van der Waals surface area contributed by atoms with Crippen LogP contribution < -0.4 is 10.1 Å². The molecule has 1 aromatic heterocycles. The van der Waals surface area contributed by atoms with Crippen molar-refractivity contribution in [2.24, 2.45) is 5.41 Å². The van der Waals surface area contributed by atoms with Gasteiger partial charge in [0.05, 0.1) is 18.5 Å². The maximum atomic E-state index is 5.27. The van der Waals surface area contributed by atoms with Crippen LogP contribution >= 0.6 is 0 Å². The number of hydrogen-bond acceptors (Lipinski definition) is 3. The molecule has 0 fully saturated rings. The SMILES string of the molecule is CCOc1ccc(NCC(C)(C)C)cn1. The molecule has 3 heteroatoms. The second-order valence-electron chi connectivity index (χ2n) is 4.73. The van der Waals surface area contributed by atoms with Gasteiger partial charge in [-0.2, -0.15) is 0 Å². The normalized spacial score (nSPS) is 11.2. The summed E-state index contributed by atoms with van der Waals surface area (Å²) in [6, 6.07) is 3.87. The molecule has 15 heavy (non-hydrogen) atoms. The third kappa shape index (κ3) is 4.68. The highest BCUT2D eigenvalue weighted by Gasteiger charge is 2.09. The predicted octanol–water partition coefficient (Wildman–Crippen LogP) is 2.94. The topological polar surface area (TPSA) is 34.1 Å². The highest BCUT2D eigenvalue weighted by molar-refractivity contribution is 5.42. The van der Waals surface area contributed by atoms with Gasteiger partial charge >= 0.3 is 0 Å². The van der Waals surface area contributed by atoms with Gasteiger partial charge in [-0.15, -0.1) is 0 Å². The van der Waals surface area contributed by atoms with Gasteiger partial charge < -0.3 is 10.1 Å². The molecule has 0 spiro atoms. The Kier molecular flexibility index (Phi) is 3.95. The molecule has 1 aromatic rings. The number of rotatable bonds is 4. The third-order valence-corrected chi connectivity index (χ3v) is 1.85. The second-order valence-corrected chi connectivity index (χ2v) is 4.73. The summed E-state index contributed by atoms with van der Waals surface area (Å²) >= 11 is 0. The Morgan fingerprint density at radius 3 is 2.53 bits per heavy atom. The molecule has 0 radical (unpaired) electrons. The van der Waals surface area contributed by atoms with Crippen molar-refractivity contribution in [3.63, 3.8) is 0 Å². The van der Waals surface area contributed by atoms with Crippen LogP contribution in [0.3, 0.4) is 0 Å². The molecule has 0 unspecified atom stereocenters. The van der Waals surface area contributed by atoms with Crippen LogP contribution in [-0.2, 0) is 0 Å². The van der Waals surface area contributed by atoms with E-state index in [4.69, 9.17) is 4.74 Å². The lowest BCUT2D eigenvalue weighted by molar-refractivity contribution is 0.327. The van der Waals surface area contributed by atoms with E-state index in [-0.39, 0.29) is 5.41 Å². The molecular formula is C12H20N2O. The van der Waals surface area contributed by atoms with E-state index in [1.54, 1.807) is 6.20 Å². The van der Waals surface area contributed by atoms with Crippen molar-refractivity contribution in [2.45, 2.75) is 27.7 Å². The average molecular weight is 208 g/mol. The highest BCUT2D eigenvalue weighted by atomic mass is 16.5. The first-order chi connectivity index (χ1) is 7.01. The van der Waals surface area contributed by atoms with E-state index in [1.165, 1.54) is 0 Å². The minimum absolute atomic E-state index is 0.276. The molecule has 0 aliphatic carbocycles. The number of anilines is 1. The van der Waals surface area contributed by atoms with Crippen molar-refractivity contribution >= 4 is 5.69 Å². The molecule has 0 amide bonds. The number of ether oxygens (including phenoxy) is 1. The van der Waals surface area contributed by atoms with E-state index in [1.807, 2.05) is 19.1 Å². The number of aromatic nitrogens is 1. The molecule has 0 aliphatic heterocycles. The minimum atomic E-state index is 0.276. The maximum Gasteiger partial charge on any atom is 0.213 e. The lowest BCUT2D eigenvalue weighted by Gasteiger charge is -2.19. The van der Waals surface area contributed by atoms with Crippen LogP contribution in [0, 0.1) is 5.41 Å². The van der Waals surface area contributed by atoms with E-state index in [0.717, 1.165) is 12.2 Å². The Labute approximate surface area is 91.9 Å². The van der Waals surface area contributed by atoms with E-state index in [0.29, 0.717) is 12.5 Å². The highest BCUT2D eigenvalue weighted by Crippen LogP contribution is 2.16. The molecule has 84 valence electrons. The van der Waals surface area contributed by atoms with Crippen LogP contribution in [-0.4, -0.2) is 18.1 Å². The Balaban J connectivity index is 2.50. The van der Waals surface area contributed by atoms with Crippen LogP contribution in [0.4, 0.5) is 5.69 Å². The van der Waals surface area contributed by atoms with E-state index in [9.17, 15) is 0 Å². The molecular weight excluding hydrogens is 188 g/mol. The summed E-state index contributed by atoms with van der Waals surface area (Å²) in [5.41, 5.74) is 1.31. The Hall–Kier alpha value is -1.25. The van der Waals surface area contributed by atoms with E-state index >= 15 is 0 Å². The zero-order chi connectivity index (χ0) is 11.3. The molecule has 0 bridgehead atoms. The summed E-state index contributed by atoms with van der Waals surface area (Å²) in [5, 5.41) is 3.34. The monoisotopic (exact) mass is 208 g/mol. The van der Waals surface area contributed by atoms with Crippen LogP contribution in [0.1, 0.15) is 27.7 Å². The Morgan fingerprint density at radius 2 is 2.07 bits per heavy atom. The first-order valence-electron chi connectivity index (χ1n) is 5.34. The number of pyridine rings is 1. The largest absolute Gasteiger partial charge is 0.478 e. The van der Waals surface area contributed by atoms with Crippen LogP contribution in [0.15, 0.2) is 18.3 Å². The van der Waals surface area contributed by atoms with Crippen LogP contribution in [0.2, 0.25) is 0 Å². The lowest BCUT2D eigenvalue weighted by Crippen LogP contribution is -2.19. The molecule has 3 nitrogen and oxygen atoms in total. The fourth-order valence-corrected chi connectivity index (χ4v) is 1.09. The van der Waals surface area contributed by atoms with Crippen molar-refractivity contribution in [2.75, 3.05) is 18.5 Å². The van der Waals surface area contributed by atoms with Crippen molar-refractivity contribution in [1.29, 1.82) is 0 Å². The smallest absolute Gasteiger partial charge is 0.213 e. The van der Waals surface area contributed by atoms with Gasteiger partial charge in [-0.25, -0.2) is 4.98 Å². The fraction of sp³-hybridized carbons (Fsp3) is 0.583. The van der Waals surface area contributed by atoms with Crippen LogP contribution in [0.5, 0.6) is 5.88 Å². The maximum absolute atomic E-state index is 5.27. The third-order valence-electron chi connectivity index (χ3n) is 1.85. The van der Waals surface area contributed by atoms with Crippen LogP contribution in [0.25, 0.3) is 0 Å². The van der Waals surface area contributed by atoms with Gasteiger partial charge in [-0.3, -0.25) is 0 Å². The molecule has 0 atom stereocenters. The fourth-order valence-electron chi connectivity index (χ4n) is 1.09. The van der Waals surface area contributed by atoms with E-state index in [2.05, 4.69) is 31.1 Å². The van der Waals surface area contributed by atoms with Gasteiger partial charge in [0, 0.05) is 12.6 Å². The van der Waals surface area contributed by atoms with Gasteiger partial charge in [0.1, 0.15) is 0 Å². The van der Waals surface area contributed by atoms with Crippen molar-refractivity contribution in [3.05, 3.63) is 18.3 Å². The summed E-state index contributed by atoms with van der Waals surface area (Å²) in [6.07, 6.45) is 1.80. The standard InChI is InChI=1S/C12H20N2O/c1-5-15-11-7-6-10(8-13-11)14-9-12(2,3)4/h6-8,14H,5,9H2,1-4H3. The molecule has 0 saturated carbocycles. The molecule has 0 aliphatic rings. The van der Waals surface area contributed by atoms with Gasteiger partial charge in [0.2, 0.25) is 5.88 Å². The van der Waals surface area contributed by atoms with Crippen molar-refractivity contribution in [3.8, 4) is 5.88 Å². The minimum Gasteiger partial charge on any atom is -0.478 e. The van der Waals surface area contributed by atoms with Gasteiger partial charge in [0.15, 0.2) is 0 Å². The quantitative estimate of drug-likeness (QED) is 0.826. The summed E-state index contributed by atoms with van der Waals surface area (Å²) in [4.78, 5) is 4.18. The summed E-state index contributed by atoms with van der Waals surface area (Å²) in [5.74, 6) is 0.679. The Bertz CT molecular complexity index is 287. The second kappa shape index (κ2) is 5.01. The number of hydrogen-bond donors (Lipinski definition) is 1. The summed E-state index contributed by atoms with van der Waals surface area (Å²) in [6.45, 7) is 10.1. The molecule has 1 rings (SSSR count). The van der Waals surface area contributed by atoms with Crippen molar-refractivity contribution in [1.82, 2.24) is 4.98 Å². The first kappa shape index (κ1) is 11.8. The van der Waals surface area contributed by atoms with Gasteiger partial charge in [0.25, 0.3) is 0 Å². The average Bonchev–Trinajstić information content (AvgIpc) is 2.16. The predicted molar refractivity (Wildman–Crippen MR) is 63.4 cm³/mol. The molecule has 0 saturated heterocycles. The summed E-state index contributed by atoms with van der Waals surface area (Å²) < 4.78 is 5.27. The lowest BCUT2D eigenvalue weighted by atomic mass is 9.97. The molecule has 0 aromatic carbocycles. The van der Waals surface area contributed by atoms with Gasteiger partial charge in [-0.1, -0.05) is 20.8 Å². The molecule has 1 N–H and O–H groups in total. The van der Waals surface area contributed by atoms with Crippen molar-refractivity contribution < 1.29 is 4.74 Å².